The van der Waals surface area contributed by atoms with E-state index in [4.69, 9.17) is 0 Å². The summed E-state index contributed by atoms with van der Waals surface area (Å²) in [5, 5.41) is 12.2. The fourth-order valence-corrected chi connectivity index (χ4v) is 2.88. The van der Waals surface area contributed by atoms with Crippen LogP contribution >= 0.6 is 0 Å². The number of rotatable bonds is 5. The third kappa shape index (κ3) is 5.43. The van der Waals surface area contributed by atoms with Crippen LogP contribution in [-0.2, 0) is 6.54 Å². The van der Waals surface area contributed by atoms with Crippen LogP contribution in [0, 0.1) is 5.92 Å². The molecule has 0 saturated carbocycles. The number of urea groups is 1. The van der Waals surface area contributed by atoms with Crippen LogP contribution in [0.3, 0.4) is 0 Å². The van der Waals surface area contributed by atoms with Gasteiger partial charge in [-0.25, -0.2) is 4.79 Å². The van der Waals surface area contributed by atoms with Gasteiger partial charge in [-0.15, -0.1) is 0 Å². The maximum atomic E-state index is 11.9. The van der Waals surface area contributed by atoms with Gasteiger partial charge in [0.15, 0.2) is 0 Å². The van der Waals surface area contributed by atoms with Crippen LogP contribution in [-0.4, -0.2) is 48.8 Å². The molecule has 2 amide bonds. The molecule has 1 fully saturated rings. The first-order valence-electron chi connectivity index (χ1n) is 8.46. The molecule has 2 N–H and O–H groups in total. The van der Waals surface area contributed by atoms with Crippen molar-refractivity contribution in [1.29, 1.82) is 0 Å². The number of nitrogens with zero attached hydrogens (tertiary/aromatic N) is 2. The molecule has 0 aliphatic carbocycles. The SMILES string of the molecule is CC(O)CN(C)C(=O)NCc1ccc(N2CCC(C)CC2)cc1. The average molecular weight is 319 g/mol. The summed E-state index contributed by atoms with van der Waals surface area (Å²) in [7, 11) is 1.68. The van der Waals surface area contributed by atoms with Gasteiger partial charge in [0.05, 0.1) is 6.10 Å². The lowest BCUT2D eigenvalue weighted by atomic mass is 9.99. The summed E-state index contributed by atoms with van der Waals surface area (Å²) in [5.41, 5.74) is 2.34. The molecule has 1 aromatic rings. The zero-order valence-corrected chi connectivity index (χ0v) is 14.5. The molecule has 0 bridgehead atoms. The van der Waals surface area contributed by atoms with E-state index in [2.05, 4.69) is 41.4 Å². The third-order valence-corrected chi connectivity index (χ3v) is 4.41. The standard InChI is InChI=1S/C18H29N3O2/c1-14-8-10-21(11-9-14)17-6-4-16(5-7-17)12-19-18(23)20(3)13-15(2)22/h4-7,14-15,22H,8-13H2,1-3H3,(H,19,23). The predicted molar refractivity (Wildman–Crippen MR) is 93.6 cm³/mol. The molecule has 0 radical (unpaired) electrons. The molecule has 0 spiro atoms. The lowest BCUT2D eigenvalue weighted by Crippen LogP contribution is -2.40. The van der Waals surface area contributed by atoms with Crippen molar-refractivity contribution < 1.29 is 9.90 Å². The molecule has 5 nitrogen and oxygen atoms in total. The molecule has 1 unspecified atom stereocenters. The number of nitrogens with one attached hydrogen (secondary N) is 1. The number of benzene rings is 1. The molecule has 1 aliphatic heterocycles. The largest absolute Gasteiger partial charge is 0.392 e. The van der Waals surface area contributed by atoms with E-state index in [-0.39, 0.29) is 6.03 Å². The minimum Gasteiger partial charge on any atom is -0.392 e. The number of carbonyl (C=O) groups excluding carboxylic acids is 1. The molecule has 128 valence electrons. The van der Waals surface area contributed by atoms with E-state index in [1.807, 2.05) is 0 Å². The summed E-state index contributed by atoms with van der Waals surface area (Å²) in [6, 6.07) is 8.25. The summed E-state index contributed by atoms with van der Waals surface area (Å²) in [5.74, 6) is 0.833. The number of likely N-dealkylation sites (N-methyl/N-ethyl adjacent to an activating group) is 1. The molecule has 1 aromatic carbocycles. The van der Waals surface area contributed by atoms with Gasteiger partial charge in [-0.2, -0.15) is 0 Å². The van der Waals surface area contributed by atoms with Crippen molar-refractivity contribution in [2.75, 3.05) is 31.6 Å². The Labute approximate surface area is 139 Å². The van der Waals surface area contributed by atoms with E-state index in [1.54, 1.807) is 14.0 Å². The van der Waals surface area contributed by atoms with Crippen molar-refractivity contribution in [1.82, 2.24) is 10.2 Å². The zero-order valence-electron chi connectivity index (χ0n) is 14.5. The van der Waals surface area contributed by atoms with Crippen LogP contribution in [0.2, 0.25) is 0 Å². The molecule has 1 atom stereocenters. The molecule has 1 aliphatic rings. The summed E-state index contributed by atoms with van der Waals surface area (Å²) >= 11 is 0. The van der Waals surface area contributed by atoms with Gasteiger partial charge in [0, 0.05) is 38.9 Å². The molecule has 5 heteroatoms. The molecular formula is C18H29N3O2. The molecule has 23 heavy (non-hydrogen) atoms. The first kappa shape index (κ1) is 17.6. The summed E-state index contributed by atoms with van der Waals surface area (Å²) < 4.78 is 0. The summed E-state index contributed by atoms with van der Waals surface area (Å²) in [4.78, 5) is 15.8. The van der Waals surface area contributed by atoms with Crippen LogP contribution in [0.4, 0.5) is 10.5 Å². The second-order valence-electron chi connectivity index (χ2n) is 6.72. The fraction of sp³-hybridized carbons (Fsp3) is 0.611. The first-order chi connectivity index (χ1) is 11.0. The maximum absolute atomic E-state index is 11.9. The second-order valence-corrected chi connectivity index (χ2v) is 6.72. The topological polar surface area (TPSA) is 55.8 Å². The fourth-order valence-electron chi connectivity index (χ4n) is 2.88. The van der Waals surface area contributed by atoms with Crippen LogP contribution in [0.1, 0.15) is 32.3 Å². The Balaban J connectivity index is 1.82. The molecular weight excluding hydrogens is 290 g/mol. The van der Waals surface area contributed by atoms with E-state index in [0.29, 0.717) is 13.1 Å². The minimum absolute atomic E-state index is 0.167. The maximum Gasteiger partial charge on any atom is 0.317 e. The number of aliphatic hydroxyl groups is 1. The van der Waals surface area contributed by atoms with Gasteiger partial charge >= 0.3 is 6.03 Å². The highest BCUT2D eigenvalue weighted by Gasteiger charge is 2.16. The normalized spacial score (nSPS) is 17.0. The molecule has 1 heterocycles. The average Bonchev–Trinajstić information content (AvgIpc) is 2.53. The number of hydrogen-bond donors (Lipinski definition) is 2. The van der Waals surface area contributed by atoms with Crippen molar-refractivity contribution in [3.05, 3.63) is 29.8 Å². The van der Waals surface area contributed by atoms with Gasteiger partial charge in [0.2, 0.25) is 0 Å². The second kappa shape index (κ2) is 8.20. The third-order valence-electron chi connectivity index (χ3n) is 4.41. The predicted octanol–water partition coefficient (Wildman–Crippen LogP) is 2.45. The van der Waals surface area contributed by atoms with Gasteiger partial charge in [0.25, 0.3) is 0 Å². The Morgan fingerprint density at radius 2 is 1.96 bits per heavy atom. The van der Waals surface area contributed by atoms with Gasteiger partial charge in [-0.05, 0) is 43.4 Å². The number of anilines is 1. The summed E-state index contributed by atoms with van der Waals surface area (Å²) in [6.07, 6.45) is 2.00. The number of amides is 2. The summed E-state index contributed by atoms with van der Waals surface area (Å²) in [6.45, 7) is 7.07. The first-order valence-corrected chi connectivity index (χ1v) is 8.46. The zero-order chi connectivity index (χ0) is 16.8. The van der Waals surface area contributed by atoms with Gasteiger partial charge in [-0.3, -0.25) is 0 Å². The highest BCUT2D eigenvalue weighted by atomic mass is 16.3. The van der Waals surface area contributed by atoms with Crippen LogP contribution in [0.5, 0.6) is 0 Å². The van der Waals surface area contributed by atoms with Gasteiger partial charge in [-0.1, -0.05) is 19.1 Å². The van der Waals surface area contributed by atoms with E-state index in [1.165, 1.54) is 23.4 Å². The Bertz CT molecular complexity index is 493. The number of hydrogen-bond acceptors (Lipinski definition) is 3. The molecule has 1 saturated heterocycles. The van der Waals surface area contributed by atoms with E-state index in [9.17, 15) is 9.90 Å². The van der Waals surface area contributed by atoms with Crippen molar-refractivity contribution in [3.63, 3.8) is 0 Å². The quantitative estimate of drug-likeness (QED) is 0.876. The van der Waals surface area contributed by atoms with Crippen LogP contribution < -0.4 is 10.2 Å². The van der Waals surface area contributed by atoms with E-state index >= 15 is 0 Å². The van der Waals surface area contributed by atoms with Crippen molar-refractivity contribution in [2.45, 2.75) is 39.3 Å². The minimum atomic E-state index is -0.516. The number of piperidine rings is 1. The van der Waals surface area contributed by atoms with Crippen molar-refractivity contribution in [3.8, 4) is 0 Å². The number of carbonyl (C=O) groups is 1. The molecule has 0 aromatic heterocycles. The van der Waals surface area contributed by atoms with E-state index in [0.717, 1.165) is 24.6 Å². The van der Waals surface area contributed by atoms with Crippen molar-refractivity contribution in [2.24, 2.45) is 5.92 Å². The highest BCUT2D eigenvalue weighted by molar-refractivity contribution is 5.73. The Kier molecular flexibility index (Phi) is 6.28. The highest BCUT2D eigenvalue weighted by Crippen LogP contribution is 2.23. The van der Waals surface area contributed by atoms with Crippen LogP contribution in [0.25, 0.3) is 0 Å². The smallest absolute Gasteiger partial charge is 0.317 e. The Morgan fingerprint density at radius 1 is 1.35 bits per heavy atom. The Morgan fingerprint density at radius 3 is 2.52 bits per heavy atom. The molecule has 2 rings (SSSR count). The van der Waals surface area contributed by atoms with Gasteiger partial charge < -0.3 is 20.2 Å². The number of aliphatic hydroxyl groups excluding tert-OH is 1. The van der Waals surface area contributed by atoms with Crippen molar-refractivity contribution >= 4 is 11.7 Å². The van der Waals surface area contributed by atoms with Crippen LogP contribution in [0.15, 0.2) is 24.3 Å². The van der Waals surface area contributed by atoms with E-state index < -0.39 is 6.10 Å². The lowest BCUT2D eigenvalue weighted by molar-refractivity contribution is 0.143. The monoisotopic (exact) mass is 319 g/mol. The Hall–Kier alpha value is -1.75. The lowest BCUT2D eigenvalue weighted by Gasteiger charge is -2.32. The van der Waals surface area contributed by atoms with Gasteiger partial charge in [0.1, 0.15) is 0 Å².